The third-order valence-corrected chi connectivity index (χ3v) is 4.43. The molecular formula is C15H19N7O. The van der Waals surface area contributed by atoms with Crippen LogP contribution in [0.2, 0.25) is 0 Å². The quantitative estimate of drug-likeness (QED) is 0.747. The normalized spacial score (nSPS) is 17.4. The van der Waals surface area contributed by atoms with Crippen LogP contribution in [0.15, 0.2) is 18.7 Å². The van der Waals surface area contributed by atoms with Gasteiger partial charge in [0.15, 0.2) is 5.65 Å². The molecule has 3 heterocycles. The molecule has 1 atom stereocenters. The van der Waals surface area contributed by atoms with Crippen LogP contribution in [0, 0.1) is 0 Å². The second-order valence-corrected chi connectivity index (χ2v) is 5.81. The van der Waals surface area contributed by atoms with Gasteiger partial charge in [-0.05, 0) is 19.3 Å². The third-order valence-electron chi connectivity index (χ3n) is 4.43. The molecule has 8 heteroatoms. The Morgan fingerprint density at radius 1 is 1.30 bits per heavy atom. The first-order chi connectivity index (χ1) is 11.3. The molecule has 0 aliphatic heterocycles. The Kier molecular flexibility index (Phi) is 3.45. The average molecular weight is 313 g/mol. The highest BCUT2D eigenvalue weighted by Gasteiger charge is 2.24. The number of rotatable bonds is 4. The van der Waals surface area contributed by atoms with Crippen LogP contribution in [-0.4, -0.2) is 41.2 Å². The Balaban J connectivity index is 1.69. The maximum atomic E-state index is 9.11. The van der Waals surface area contributed by atoms with Crippen molar-refractivity contribution < 1.29 is 5.11 Å². The smallest absolute Gasteiger partial charge is 0.163 e. The van der Waals surface area contributed by atoms with Crippen LogP contribution in [-0.2, 0) is 20.0 Å². The summed E-state index contributed by atoms with van der Waals surface area (Å²) in [6.07, 6.45) is 8.47. The molecule has 0 unspecified atom stereocenters. The van der Waals surface area contributed by atoms with Crippen LogP contribution in [0.1, 0.15) is 30.1 Å². The molecule has 1 aliphatic carbocycles. The van der Waals surface area contributed by atoms with Gasteiger partial charge in [0.25, 0.3) is 0 Å². The van der Waals surface area contributed by atoms with Crippen LogP contribution in [0.25, 0.3) is 11.0 Å². The average Bonchev–Trinajstić information content (AvgIpc) is 3.14. The van der Waals surface area contributed by atoms with Gasteiger partial charge >= 0.3 is 0 Å². The van der Waals surface area contributed by atoms with Crippen molar-refractivity contribution in [1.29, 1.82) is 0 Å². The number of hydrogen-bond donors (Lipinski definition) is 2. The fourth-order valence-electron chi connectivity index (χ4n) is 3.29. The van der Waals surface area contributed by atoms with Gasteiger partial charge in [0.2, 0.25) is 0 Å². The number of aliphatic hydroxyl groups is 1. The molecule has 23 heavy (non-hydrogen) atoms. The molecule has 2 N–H and O–H groups in total. The highest BCUT2D eigenvalue weighted by atomic mass is 16.3. The molecule has 0 saturated heterocycles. The summed E-state index contributed by atoms with van der Waals surface area (Å²) in [5.41, 5.74) is 3.27. The third kappa shape index (κ3) is 2.35. The van der Waals surface area contributed by atoms with Gasteiger partial charge in [-0.15, -0.1) is 0 Å². The molecule has 0 spiro atoms. The van der Waals surface area contributed by atoms with E-state index in [1.54, 1.807) is 10.9 Å². The van der Waals surface area contributed by atoms with Crippen molar-refractivity contribution in [3.8, 4) is 0 Å². The topological polar surface area (TPSA) is 93.7 Å². The van der Waals surface area contributed by atoms with Gasteiger partial charge in [-0.1, -0.05) is 0 Å². The van der Waals surface area contributed by atoms with E-state index in [-0.39, 0.29) is 12.6 Å². The Bertz CT molecular complexity index is 838. The predicted octanol–water partition coefficient (Wildman–Crippen LogP) is 1.04. The van der Waals surface area contributed by atoms with Crippen LogP contribution in [0.4, 0.5) is 5.82 Å². The second kappa shape index (κ2) is 5.62. The molecule has 8 nitrogen and oxygen atoms in total. The van der Waals surface area contributed by atoms with Crippen molar-refractivity contribution in [3.63, 3.8) is 0 Å². The van der Waals surface area contributed by atoms with E-state index in [0.717, 1.165) is 36.1 Å². The summed E-state index contributed by atoms with van der Waals surface area (Å²) in [5.74, 6) is 0.779. The molecule has 0 saturated carbocycles. The van der Waals surface area contributed by atoms with Crippen molar-refractivity contribution in [2.75, 3.05) is 11.9 Å². The van der Waals surface area contributed by atoms with E-state index in [0.29, 0.717) is 6.54 Å². The predicted molar refractivity (Wildman–Crippen MR) is 84.9 cm³/mol. The molecule has 120 valence electrons. The molecular weight excluding hydrogens is 294 g/mol. The Hall–Kier alpha value is -2.48. The monoisotopic (exact) mass is 313 g/mol. The lowest BCUT2D eigenvalue weighted by Gasteiger charge is -2.24. The summed E-state index contributed by atoms with van der Waals surface area (Å²) in [4.78, 5) is 8.67. The second-order valence-electron chi connectivity index (χ2n) is 5.81. The molecule has 3 aromatic rings. The Labute approximate surface area is 133 Å². The number of aromatic nitrogens is 6. The zero-order valence-corrected chi connectivity index (χ0v) is 13.0. The Morgan fingerprint density at radius 2 is 2.22 bits per heavy atom. The van der Waals surface area contributed by atoms with Gasteiger partial charge in [0.1, 0.15) is 12.1 Å². The number of aryl methyl sites for hydroxylation is 1. The molecule has 0 amide bonds. The molecule has 0 radical (unpaired) electrons. The van der Waals surface area contributed by atoms with E-state index in [4.69, 9.17) is 5.11 Å². The van der Waals surface area contributed by atoms with Crippen molar-refractivity contribution in [3.05, 3.63) is 30.0 Å². The lowest BCUT2D eigenvalue weighted by molar-refractivity contribution is 0.271. The van der Waals surface area contributed by atoms with Gasteiger partial charge in [-0.3, -0.25) is 4.68 Å². The number of hydrogen-bond acceptors (Lipinski definition) is 6. The Morgan fingerprint density at radius 3 is 3.09 bits per heavy atom. The van der Waals surface area contributed by atoms with E-state index in [1.807, 2.05) is 17.9 Å². The highest BCUT2D eigenvalue weighted by molar-refractivity contribution is 5.86. The van der Waals surface area contributed by atoms with Gasteiger partial charge in [0.05, 0.1) is 37.0 Å². The summed E-state index contributed by atoms with van der Waals surface area (Å²) in [6, 6.07) is 0.201. The first kappa shape index (κ1) is 14.1. The highest BCUT2D eigenvalue weighted by Crippen LogP contribution is 2.33. The van der Waals surface area contributed by atoms with E-state index in [2.05, 4.69) is 25.5 Å². The number of anilines is 1. The van der Waals surface area contributed by atoms with Crippen molar-refractivity contribution in [1.82, 2.24) is 29.5 Å². The summed E-state index contributed by atoms with van der Waals surface area (Å²) in [5, 5.41) is 22.2. The molecule has 0 aromatic carbocycles. The fourth-order valence-corrected chi connectivity index (χ4v) is 3.29. The fraction of sp³-hybridized carbons (Fsp3) is 0.467. The number of nitrogens with one attached hydrogen (secondary N) is 1. The minimum absolute atomic E-state index is 0.0330. The summed E-state index contributed by atoms with van der Waals surface area (Å²) < 4.78 is 3.65. The van der Waals surface area contributed by atoms with Crippen LogP contribution < -0.4 is 5.32 Å². The maximum absolute atomic E-state index is 9.11. The van der Waals surface area contributed by atoms with Crippen LogP contribution >= 0.6 is 0 Å². The van der Waals surface area contributed by atoms with Crippen LogP contribution in [0.5, 0.6) is 0 Å². The molecule has 1 aliphatic rings. The summed E-state index contributed by atoms with van der Waals surface area (Å²) in [7, 11) is 1.99. The zero-order chi connectivity index (χ0) is 15.8. The number of nitrogens with zero attached hydrogens (tertiary/aromatic N) is 6. The first-order valence-corrected chi connectivity index (χ1v) is 7.82. The van der Waals surface area contributed by atoms with Crippen molar-refractivity contribution >= 4 is 16.9 Å². The maximum Gasteiger partial charge on any atom is 0.163 e. The van der Waals surface area contributed by atoms with Crippen molar-refractivity contribution in [2.24, 2.45) is 7.05 Å². The van der Waals surface area contributed by atoms with Gasteiger partial charge in [0, 0.05) is 18.3 Å². The molecule has 0 fully saturated rings. The van der Waals surface area contributed by atoms with E-state index in [1.165, 1.54) is 17.6 Å². The summed E-state index contributed by atoms with van der Waals surface area (Å²) >= 11 is 0. The van der Waals surface area contributed by atoms with Gasteiger partial charge in [-0.2, -0.15) is 10.2 Å². The molecule has 3 aromatic heterocycles. The standard InChI is InChI=1S/C15H19N7O/c1-21-13-4-2-3-12(10(13)7-18-21)20-14-11-8-19-22(5-6-23)15(11)17-9-16-14/h7-9,12,23H,2-6H2,1H3,(H,16,17,20)/t12-/m0/s1. The van der Waals surface area contributed by atoms with Gasteiger partial charge in [-0.25, -0.2) is 14.6 Å². The lowest BCUT2D eigenvalue weighted by atomic mass is 9.93. The summed E-state index contributed by atoms with van der Waals surface area (Å²) in [6.45, 7) is 0.460. The largest absolute Gasteiger partial charge is 0.394 e. The number of aliphatic hydroxyl groups excluding tert-OH is 1. The van der Waals surface area contributed by atoms with Crippen molar-refractivity contribution in [2.45, 2.75) is 31.8 Å². The van der Waals surface area contributed by atoms with Crippen LogP contribution in [0.3, 0.4) is 0 Å². The SMILES string of the molecule is Cn1ncc2c1CCC[C@@H]2Nc1ncnc2c1cnn2CCO. The zero-order valence-electron chi connectivity index (χ0n) is 13.0. The van der Waals surface area contributed by atoms with E-state index in [9.17, 15) is 0 Å². The van der Waals surface area contributed by atoms with E-state index >= 15 is 0 Å². The minimum atomic E-state index is 0.0330. The van der Waals surface area contributed by atoms with Gasteiger partial charge < -0.3 is 10.4 Å². The van der Waals surface area contributed by atoms with E-state index < -0.39 is 0 Å². The lowest BCUT2D eigenvalue weighted by Crippen LogP contribution is -2.18. The first-order valence-electron chi connectivity index (χ1n) is 7.82. The molecule has 4 rings (SSSR count). The number of fused-ring (bicyclic) bond motifs is 2. The molecule has 0 bridgehead atoms. The minimum Gasteiger partial charge on any atom is -0.394 e.